The average molecular weight is 370 g/mol. The summed E-state index contributed by atoms with van der Waals surface area (Å²) in [5.74, 6) is 0. The first-order valence-corrected chi connectivity index (χ1v) is 6.49. The van der Waals surface area contributed by atoms with Gasteiger partial charge in [0.25, 0.3) is 0 Å². The fraction of sp³-hybridized carbons (Fsp3) is 0.429. The van der Waals surface area contributed by atoms with Crippen LogP contribution in [0.15, 0.2) is 20.1 Å². The van der Waals surface area contributed by atoms with E-state index in [9.17, 15) is 0 Å². The van der Waals surface area contributed by atoms with Crippen molar-refractivity contribution in [2.45, 2.75) is 15.1 Å². The monoisotopic (exact) mass is 366 g/mol. The van der Waals surface area contributed by atoms with Crippen molar-refractivity contribution in [3.63, 3.8) is 0 Å². The Hall–Kier alpha value is 1.80. The van der Waals surface area contributed by atoms with Crippen LogP contribution >= 0.6 is 92.8 Å². The van der Waals surface area contributed by atoms with E-state index in [4.69, 9.17) is 92.8 Å². The standard InChI is InChI=1S/C7H2Cl8/c8-2-3(9)5(11)6(12,4(2)10)1-7(13,14)15/h1H2. The third-order valence-electron chi connectivity index (χ3n) is 1.72. The van der Waals surface area contributed by atoms with Crippen LogP contribution < -0.4 is 0 Å². The fourth-order valence-electron chi connectivity index (χ4n) is 1.07. The van der Waals surface area contributed by atoms with E-state index in [-0.39, 0.29) is 26.5 Å². The van der Waals surface area contributed by atoms with E-state index in [2.05, 4.69) is 0 Å². The Bertz CT molecular complexity index is 322. The SMILES string of the molecule is ClC1=C(Cl)C(Cl)(CC(Cl)(Cl)Cl)C(Cl)=C1Cl. The van der Waals surface area contributed by atoms with E-state index in [0.29, 0.717) is 0 Å². The molecule has 1 aliphatic carbocycles. The average Bonchev–Trinajstić information content (AvgIpc) is 2.19. The predicted molar refractivity (Wildman–Crippen MR) is 71.0 cm³/mol. The molecule has 0 fully saturated rings. The van der Waals surface area contributed by atoms with Crippen LogP contribution in [-0.2, 0) is 0 Å². The summed E-state index contributed by atoms with van der Waals surface area (Å²) in [6, 6.07) is 0. The second-order valence-electron chi connectivity index (χ2n) is 2.85. The lowest BCUT2D eigenvalue weighted by Crippen LogP contribution is -2.27. The van der Waals surface area contributed by atoms with Crippen molar-refractivity contribution in [2.75, 3.05) is 0 Å². The van der Waals surface area contributed by atoms with Gasteiger partial charge in [0.2, 0.25) is 0 Å². The van der Waals surface area contributed by atoms with Crippen molar-refractivity contribution in [3.8, 4) is 0 Å². The van der Waals surface area contributed by atoms with E-state index >= 15 is 0 Å². The van der Waals surface area contributed by atoms with Crippen LogP contribution in [0, 0.1) is 0 Å². The molecule has 0 aromatic heterocycles. The molecule has 1 aliphatic rings. The van der Waals surface area contributed by atoms with Gasteiger partial charge >= 0.3 is 0 Å². The maximum atomic E-state index is 6.14. The summed E-state index contributed by atoms with van der Waals surface area (Å²) >= 11 is 46.4. The Balaban J connectivity index is 3.16. The normalized spacial score (nSPS) is 21.6. The van der Waals surface area contributed by atoms with Crippen LogP contribution in [0.1, 0.15) is 6.42 Å². The summed E-state index contributed by atoms with van der Waals surface area (Å²) in [4.78, 5) is -1.36. The van der Waals surface area contributed by atoms with Gasteiger partial charge in [-0.3, -0.25) is 0 Å². The number of allylic oxidation sites excluding steroid dienone is 4. The summed E-state index contributed by atoms with van der Waals surface area (Å²) in [7, 11) is 0. The van der Waals surface area contributed by atoms with Gasteiger partial charge in [-0.25, -0.2) is 0 Å². The Kier molecular flexibility index (Phi) is 4.77. The van der Waals surface area contributed by atoms with Gasteiger partial charge in [-0.1, -0.05) is 81.2 Å². The minimum Gasteiger partial charge on any atom is -0.107 e. The molecule has 0 bridgehead atoms. The molecule has 0 unspecified atom stereocenters. The highest BCUT2D eigenvalue weighted by atomic mass is 35.6. The second-order valence-corrected chi connectivity index (χ2v) is 7.52. The van der Waals surface area contributed by atoms with Gasteiger partial charge in [-0.05, 0) is 0 Å². The van der Waals surface area contributed by atoms with Crippen LogP contribution in [0.3, 0.4) is 0 Å². The van der Waals surface area contributed by atoms with Crippen LogP contribution in [0.2, 0.25) is 0 Å². The lowest BCUT2D eigenvalue weighted by Gasteiger charge is -2.26. The Morgan fingerprint density at radius 1 is 0.867 bits per heavy atom. The van der Waals surface area contributed by atoms with Gasteiger partial charge in [0.05, 0.1) is 20.1 Å². The molecule has 0 N–H and O–H groups in total. The zero-order chi connectivity index (χ0) is 12.0. The van der Waals surface area contributed by atoms with Gasteiger partial charge in [-0.2, -0.15) is 0 Å². The van der Waals surface area contributed by atoms with Crippen LogP contribution in [-0.4, -0.2) is 8.67 Å². The van der Waals surface area contributed by atoms with Crippen molar-refractivity contribution in [3.05, 3.63) is 20.1 Å². The minimum atomic E-state index is -1.61. The smallest absolute Gasteiger partial charge is 0.107 e. The first kappa shape index (κ1) is 14.9. The van der Waals surface area contributed by atoms with Crippen molar-refractivity contribution >= 4 is 92.8 Å². The van der Waals surface area contributed by atoms with E-state index < -0.39 is 8.67 Å². The minimum absolute atomic E-state index is 0.0622. The van der Waals surface area contributed by atoms with E-state index in [1.54, 1.807) is 0 Å². The highest BCUT2D eigenvalue weighted by Crippen LogP contribution is 2.56. The first-order valence-electron chi connectivity index (χ1n) is 3.47. The van der Waals surface area contributed by atoms with Gasteiger partial charge in [0.15, 0.2) is 3.79 Å². The maximum absolute atomic E-state index is 6.14. The van der Waals surface area contributed by atoms with Gasteiger partial charge in [-0.15, -0.1) is 11.6 Å². The van der Waals surface area contributed by atoms with Gasteiger partial charge < -0.3 is 0 Å². The molecule has 86 valence electrons. The number of rotatable bonds is 1. The third-order valence-corrected chi connectivity index (χ3v) is 4.89. The molecule has 8 heteroatoms. The van der Waals surface area contributed by atoms with Crippen LogP contribution in [0.4, 0.5) is 0 Å². The molecule has 0 heterocycles. The fourth-order valence-corrected chi connectivity index (χ4v) is 3.53. The Morgan fingerprint density at radius 3 is 1.47 bits per heavy atom. The summed E-state index contributed by atoms with van der Waals surface area (Å²) < 4.78 is -1.61. The Morgan fingerprint density at radius 2 is 1.20 bits per heavy atom. The van der Waals surface area contributed by atoms with E-state index in [1.165, 1.54) is 0 Å². The number of alkyl halides is 4. The third kappa shape index (κ3) is 2.98. The largest absolute Gasteiger partial charge is 0.193 e. The molecule has 0 spiro atoms. The van der Waals surface area contributed by atoms with Crippen molar-refractivity contribution in [2.24, 2.45) is 0 Å². The zero-order valence-corrected chi connectivity index (χ0v) is 12.8. The number of hydrogen-bond acceptors (Lipinski definition) is 0. The topological polar surface area (TPSA) is 0 Å². The predicted octanol–water partition coefficient (Wildman–Crippen LogP) is 6.12. The summed E-state index contributed by atoms with van der Waals surface area (Å²) in [6.45, 7) is 0. The van der Waals surface area contributed by atoms with Crippen molar-refractivity contribution in [1.82, 2.24) is 0 Å². The van der Waals surface area contributed by atoms with E-state index in [0.717, 1.165) is 0 Å². The maximum Gasteiger partial charge on any atom is 0.193 e. The van der Waals surface area contributed by atoms with Crippen molar-refractivity contribution in [1.29, 1.82) is 0 Å². The lowest BCUT2D eigenvalue weighted by molar-refractivity contribution is 0.749. The van der Waals surface area contributed by atoms with Crippen LogP contribution in [0.25, 0.3) is 0 Å². The molecule has 0 aliphatic heterocycles. The zero-order valence-electron chi connectivity index (χ0n) is 6.73. The summed E-state index contributed by atoms with van der Waals surface area (Å²) in [5, 5.41) is 0.277. The molecular formula is C7H2Cl8. The molecule has 0 nitrogen and oxygen atoms in total. The van der Waals surface area contributed by atoms with Crippen LogP contribution in [0.5, 0.6) is 0 Å². The molecule has 0 saturated carbocycles. The summed E-state index contributed by atoms with van der Waals surface area (Å²) in [5.41, 5.74) is 0. The van der Waals surface area contributed by atoms with E-state index in [1.807, 2.05) is 0 Å². The highest BCUT2D eigenvalue weighted by Gasteiger charge is 2.48. The molecule has 0 aromatic rings. The molecule has 0 atom stereocenters. The molecule has 0 amide bonds. The molecule has 0 saturated heterocycles. The molecule has 0 aromatic carbocycles. The first-order chi connectivity index (χ1) is 6.59. The molecular weight excluding hydrogens is 368 g/mol. The number of hydrogen-bond donors (Lipinski definition) is 0. The van der Waals surface area contributed by atoms with Gasteiger partial charge in [0, 0.05) is 6.42 Å². The van der Waals surface area contributed by atoms with Gasteiger partial charge in [0.1, 0.15) is 4.87 Å². The Labute approximate surface area is 127 Å². The molecule has 1 rings (SSSR count). The lowest BCUT2D eigenvalue weighted by atomic mass is 10.1. The highest BCUT2D eigenvalue weighted by molar-refractivity contribution is 6.68. The number of halogens is 8. The quantitative estimate of drug-likeness (QED) is 0.489. The molecule has 15 heavy (non-hydrogen) atoms. The summed E-state index contributed by atoms with van der Waals surface area (Å²) in [6.07, 6.45) is -0.129. The second kappa shape index (κ2) is 4.82. The molecule has 0 radical (unpaired) electrons. The van der Waals surface area contributed by atoms with Crippen molar-refractivity contribution < 1.29 is 0 Å².